The van der Waals surface area contributed by atoms with E-state index >= 15 is 0 Å². The van der Waals surface area contributed by atoms with Gasteiger partial charge in [-0.3, -0.25) is 0 Å². The van der Waals surface area contributed by atoms with E-state index in [9.17, 15) is 4.79 Å². The first-order chi connectivity index (χ1) is 6.74. The molecule has 1 rings (SSSR count). The summed E-state index contributed by atoms with van der Waals surface area (Å²) in [6, 6.07) is 2.88. The molecule has 0 radical (unpaired) electrons. The molecule has 0 aliphatic heterocycles. The molecule has 0 amide bonds. The summed E-state index contributed by atoms with van der Waals surface area (Å²) in [5.41, 5.74) is -0.0761. The number of aromatic carboxylic acids is 1. The second-order valence-corrected chi connectivity index (χ2v) is 2.76. The van der Waals surface area contributed by atoms with Crippen LogP contribution >= 0.6 is 0 Å². The number of carboxylic acid groups (broad SMARTS) is 1. The molecule has 0 aliphatic carbocycles. The fraction of sp³-hybridized carbons (Fsp3) is 0.444. The van der Waals surface area contributed by atoms with E-state index in [0.29, 0.717) is 12.5 Å². The van der Waals surface area contributed by atoms with Crippen molar-refractivity contribution in [2.45, 2.75) is 19.8 Å². The van der Waals surface area contributed by atoms with Gasteiger partial charge in [-0.15, -0.1) is 10.2 Å². The first-order valence-electron chi connectivity index (χ1n) is 4.44. The Kier molecular flexibility index (Phi) is 3.84. The van der Waals surface area contributed by atoms with Crippen LogP contribution in [0.3, 0.4) is 0 Å². The van der Waals surface area contributed by atoms with E-state index < -0.39 is 5.97 Å². The third kappa shape index (κ3) is 3.01. The monoisotopic (exact) mass is 196 g/mol. The van der Waals surface area contributed by atoms with Gasteiger partial charge in [-0.1, -0.05) is 13.3 Å². The topological polar surface area (TPSA) is 72.3 Å². The minimum absolute atomic E-state index is 0.0761. The third-order valence-electron chi connectivity index (χ3n) is 1.61. The molecule has 0 atom stereocenters. The number of nitrogens with zero attached hydrogens (tertiary/aromatic N) is 2. The number of hydrogen-bond acceptors (Lipinski definition) is 4. The van der Waals surface area contributed by atoms with Crippen LogP contribution in [0.2, 0.25) is 0 Å². The molecule has 1 aromatic rings. The highest BCUT2D eigenvalue weighted by molar-refractivity contribution is 5.84. The van der Waals surface area contributed by atoms with E-state index in [1.54, 1.807) is 0 Å². The van der Waals surface area contributed by atoms with Crippen molar-refractivity contribution < 1.29 is 14.6 Å². The molecule has 1 heterocycles. The Bertz CT molecular complexity index is 297. The number of aromatic nitrogens is 2. The van der Waals surface area contributed by atoms with Crippen LogP contribution in [0.1, 0.15) is 30.3 Å². The van der Waals surface area contributed by atoms with E-state index in [0.717, 1.165) is 12.8 Å². The molecule has 14 heavy (non-hydrogen) atoms. The SMILES string of the molecule is CCCCOc1ccc(C(=O)O)nn1. The molecule has 1 N–H and O–H groups in total. The third-order valence-corrected chi connectivity index (χ3v) is 1.61. The molecule has 0 aliphatic rings. The highest BCUT2D eigenvalue weighted by atomic mass is 16.5. The Balaban J connectivity index is 2.51. The Morgan fingerprint density at radius 1 is 1.50 bits per heavy atom. The van der Waals surface area contributed by atoms with E-state index in [1.165, 1.54) is 12.1 Å². The molecule has 76 valence electrons. The Hall–Kier alpha value is -1.65. The van der Waals surface area contributed by atoms with Crippen LogP contribution in [0, 0.1) is 0 Å². The zero-order valence-corrected chi connectivity index (χ0v) is 7.93. The molecule has 1 aromatic heterocycles. The Labute approximate surface area is 81.7 Å². The van der Waals surface area contributed by atoms with Gasteiger partial charge in [0, 0.05) is 6.07 Å². The molecule has 0 unspecified atom stereocenters. The lowest BCUT2D eigenvalue weighted by molar-refractivity contribution is 0.0689. The maximum Gasteiger partial charge on any atom is 0.356 e. The molecule has 0 fully saturated rings. The van der Waals surface area contributed by atoms with Crippen LogP contribution in [0.4, 0.5) is 0 Å². The van der Waals surface area contributed by atoms with Gasteiger partial charge in [0.05, 0.1) is 6.61 Å². The molecule has 0 aromatic carbocycles. The number of rotatable bonds is 5. The van der Waals surface area contributed by atoms with Crippen molar-refractivity contribution in [3.63, 3.8) is 0 Å². The largest absolute Gasteiger partial charge is 0.477 e. The zero-order chi connectivity index (χ0) is 10.4. The number of hydrogen-bond donors (Lipinski definition) is 1. The van der Waals surface area contributed by atoms with E-state index in [4.69, 9.17) is 9.84 Å². The quantitative estimate of drug-likeness (QED) is 0.719. The van der Waals surface area contributed by atoms with Crippen molar-refractivity contribution in [1.29, 1.82) is 0 Å². The number of ether oxygens (including phenoxy) is 1. The van der Waals surface area contributed by atoms with Crippen molar-refractivity contribution in [3.8, 4) is 5.88 Å². The number of carboxylic acids is 1. The van der Waals surface area contributed by atoms with E-state index in [2.05, 4.69) is 17.1 Å². The molecular formula is C9H12N2O3. The maximum absolute atomic E-state index is 10.4. The molecule has 5 heteroatoms. The summed E-state index contributed by atoms with van der Waals surface area (Å²) in [6.45, 7) is 2.64. The number of carbonyl (C=O) groups is 1. The van der Waals surface area contributed by atoms with Gasteiger partial charge in [0.25, 0.3) is 0 Å². The van der Waals surface area contributed by atoms with Gasteiger partial charge in [0.15, 0.2) is 5.69 Å². The van der Waals surface area contributed by atoms with Gasteiger partial charge < -0.3 is 9.84 Å². The van der Waals surface area contributed by atoms with Gasteiger partial charge in [0.2, 0.25) is 5.88 Å². The van der Waals surface area contributed by atoms with Gasteiger partial charge >= 0.3 is 5.97 Å². The Morgan fingerprint density at radius 2 is 2.29 bits per heavy atom. The zero-order valence-electron chi connectivity index (χ0n) is 7.93. The first kappa shape index (κ1) is 10.4. The summed E-state index contributed by atoms with van der Waals surface area (Å²) < 4.78 is 5.21. The average molecular weight is 196 g/mol. The van der Waals surface area contributed by atoms with Crippen LogP contribution in [0.25, 0.3) is 0 Å². The van der Waals surface area contributed by atoms with Crippen molar-refractivity contribution >= 4 is 5.97 Å². The summed E-state index contributed by atoms with van der Waals surface area (Å²) >= 11 is 0. The maximum atomic E-state index is 10.4. The van der Waals surface area contributed by atoms with Crippen molar-refractivity contribution in [2.75, 3.05) is 6.61 Å². The molecule has 0 saturated carbocycles. The summed E-state index contributed by atoms with van der Waals surface area (Å²) in [5.74, 6) is -0.721. The second kappa shape index (κ2) is 5.16. The van der Waals surface area contributed by atoms with Crippen molar-refractivity contribution in [3.05, 3.63) is 17.8 Å². The van der Waals surface area contributed by atoms with Crippen molar-refractivity contribution in [2.24, 2.45) is 0 Å². The minimum atomic E-state index is -1.09. The summed E-state index contributed by atoms with van der Waals surface area (Å²) in [5, 5.41) is 15.6. The fourth-order valence-corrected chi connectivity index (χ4v) is 0.832. The van der Waals surface area contributed by atoms with E-state index in [1.807, 2.05) is 0 Å². The van der Waals surface area contributed by atoms with Crippen LogP contribution < -0.4 is 4.74 Å². The summed E-state index contributed by atoms with van der Waals surface area (Å²) in [4.78, 5) is 10.4. The van der Waals surface area contributed by atoms with Crippen LogP contribution in [-0.2, 0) is 0 Å². The summed E-state index contributed by atoms with van der Waals surface area (Å²) in [7, 11) is 0. The normalized spacial score (nSPS) is 9.79. The molecule has 0 spiro atoms. The van der Waals surface area contributed by atoms with Crippen molar-refractivity contribution in [1.82, 2.24) is 10.2 Å². The van der Waals surface area contributed by atoms with Gasteiger partial charge in [-0.05, 0) is 12.5 Å². The number of unbranched alkanes of at least 4 members (excludes halogenated alkanes) is 1. The fourth-order valence-electron chi connectivity index (χ4n) is 0.832. The standard InChI is InChI=1S/C9H12N2O3/c1-2-3-6-14-8-5-4-7(9(12)13)10-11-8/h4-5H,2-3,6H2,1H3,(H,12,13). The first-order valence-corrected chi connectivity index (χ1v) is 4.44. The molecular weight excluding hydrogens is 184 g/mol. The average Bonchev–Trinajstić information content (AvgIpc) is 2.19. The second-order valence-electron chi connectivity index (χ2n) is 2.76. The summed E-state index contributed by atoms with van der Waals surface area (Å²) in [6.07, 6.45) is 1.99. The molecule has 0 bridgehead atoms. The highest BCUT2D eigenvalue weighted by Gasteiger charge is 2.04. The lowest BCUT2D eigenvalue weighted by Gasteiger charge is -2.02. The molecule has 5 nitrogen and oxygen atoms in total. The van der Waals surface area contributed by atoms with Gasteiger partial charge in [-0.25, -0.2) is 4.79 Å². The van der Waals surface area contributed by atoms with Gasteiger partial charge in [0.1, 0.15) is 0 Å². The minimum Gasteiger partial charge on any atom is -0.477 e. The van der Waals surface area contributed by atoms with Crippen LogP contribution in [0.5, 0.6) is 5.88 Å². The predicted molar refractivity (Wildman–Crippen MR) is 49.4 cm³/mol. The lowest BCUT2D eigenvalue weighted by Crippen LogP contribution is -2.04. The predicted octanol–water partition coefficient (Wildman–Crippen LogP) is 1.35. The Morgan fingerprint density at radius 3 is 2.79 bits per heavy atom. The van der Waals surface area contributed by atoms with Gasteiger partial charge in [-0.2, -0.15) is 0 Å². The highest BCUT2D eigenvalue weighted by Crippen LogP contribution is 2.05. The lowest BCUT2D eigenvalue weighted by atomic mass is 10.4. The van der Waals surface area contributed by atoms with E-state index in [-0.39, 0.29) is 5.69 Å². The smallest absolute Gasteiger partial charge is 0.356 e. The van der Waals surface area contributed by atoms with Crippen LogP contribution in [0.15, 0.2) is 12.1 Å². The molecule has 0 saturated heterocycles. The van der Waals surface area contributed by atoms with Crippen LogP contribution in [-0.4, -0.2) is 27.9 Å².